The lowest BCUT2D eigenvalue weighted by Gasteiger charge is -2.32. The zero-order valence-corrected chi connectivity index (χ0v) is 30.4. The molecule has 0 heterocycles. The van der Waals surface area contributed by atoms with Crippen LogP contribution in [-0.2, 0) is 17.3 Å². The van der Waals surface area contributed by atoms with Crippen LogP contribution in [0.15, 0.2) is 176 Å². The second-order valence-electron chi connectivity index (χ2n) is 16.0. The predicted octanol–water partition coefficient (Wildman–Crippen LogP) is 13.4. The third kappa shape index (κ3) is 3.69. The Balaban J connectivity index is 1.14. The van der Waals surface area contributed by atoms with E-state index in [-0.39, 0.29) is 5.41 Å². The molecule has 0 atom stereocenters. The molecule has 12 rings (SSSR count). The summed E-state index contributed by atoms with van der Waals surface area (Å²) in [5.41, 5.74) is 24.8. The van der Waals surface area contributed by atoms with Crippen molar-refractivity contribution in [2.45, 2.75) is 31.1 Å². The Bertz CT molecular complexity index is 2860. The molecule has 0 bridgehead atoms. The third-order valence-corrected chi connectivity index (χ3v) is 13.1. The van der Waals surface area contributed by atoms with Crippen LogP contribution in [0, 0.1) is 0 Å². The van der Waals surface area contributed by atoms with Crippen LogP contribution in [0.5, 0.6) is 0 Å². The summed E-state index contributed by atoms with van der Waals surface area (Å²) in [5, 5.41) is 0. The van der Waals surface area contributed by atoms with Crippen LogP contribution in [0.25, 0.3) is 44.5 Å². The summed E-state index contributed by atoms with van der Waals surface area (Å²) in [6, 6.07) is 66.6. The molecule has 8 aromatic carbocycles. The number of rotatable bonds is 3. The van der Waals surface area contributed by atoms with Crippen LogP contribution >= 0.6 is 0 Å². The van der Waals surface area contributed by atoms with Crippen molar-refractivity contribution in [1.29, 1.82) is 0 Å². The molecule has 1 heteroatoms. The van der Waals surface area contributed by atoms with Crippen molar-refractivity contribution < 1.29 is 0 Å². The van der Waals surface area contributed by atoms with Gasteiger partial charge in [0.2, 0.25) is 0 Å². The van der Waals surface area contributed by atoms with E-state index in [2.05, 4.69) is 195 Å². The van der Waals surface area contributed by atoms with Gasteiger partial charge >= 0.3 is 0 Å². The molecule has 8 aromatic rings. The molecule has 0 saturated carbocycles. The molecule has 0 amide bonds. The maximum Gasteiger partial charge on any atom is 0.0726 e. The van der Waals surface area contributed by atoms with Crippen molar-refractivity contribution in [3.63, 3.8) is 0 Å². The highest BCUT2D eigenvalue weighted by Gasteiger charge is 2.52. The quantitative estimate of drug-likeness (QED) is 0.179. The molecule has 0 N–H and O–H groups in total. The van der Waals surface area contributed by atoms with Crippen molar-refractivity contribution in [1.82, 2.24) is 0 Å². The first-order valence-corrected chi connectivity index (χ1v) is 19.2. The van der Waals surface area contributed by atoms with Gasteiger partial charge in [0.05, 0.1) is 11.1 Å². The third-order valence-electron chi connectivity index (χ3n) is 13.1. The number of hydrogen-bond acceptors (Lipinski definition) is 1. The summed E-state index contributed by atoms with van der Waals surface area (Å²) in [6.45, 7) is 4.77. The smallest absolute Gasteiger partial charge is 0.0726 e. The van der Waals surface area contributed by atoms with Crippen LogP contribution in [0.2, 0.25) is 0 Å². The van der Waals surface area contributed by atoms with Crippen molar-refractivity contribution in [3.8, 4) is 44.5 Å². The van der Waals surface area contributed by atoms with Crippen molar-refractivity contribution in [3.05, 3.63) is 220 Å². The SMILES string of the molecule is CC1(C)c2ccccc2-c2ccc(N(c3ccc4c(c3)Cc3ccccc3-4)c3cccc4c3-c3ccccc3C43c4ccccc4-c4ccccc43)cc21. The van der Waals surface area contributed by atoms with E-state index in [1.54, 1.807) is 0 Å². The maximum absolute atomic E-state index is 2.56. The summed E-state index contributed by atoms with van der Waals surface area (Å²) in [7, 11) is 0. The van der Waals surface area contributed by atoms with E-state index in [9.17, 15) is 0 Å². The Kier molecular flexibility index (Phi) is 5.89. The van der Waals surface area contributed by atoms with Crippen LogP contribution in [0.4, 0.5) is 17.1 Å². The predicted molar refractivity (Wildman–Crippen MR) is 223 cm³/mol. The first-order valence-electron chi connectivity index (χ1n) is 19.2. The molecular formula is C53H37N. The minimum Gasteiger partial charge on any atom is -0.310 e. The molecule has 0 unspecified atom stereocenters. The number of hydrogen-bond donors (Lipinski definition) is 0. The van der Waals surface area contributed by atoms with Gasteiger partial charge in [-0.15, -0.1) is 0 Å². The fraction of sp³-hybridized carbons (Fsp3) is 0.0943. The molecule has 4 aliphatic carbocycles. The molecule has 4 aliphatic rings. The van der Waals surface area contributed by atoms with Crippen LogP contribution in [0.1, 0.15) is 58.4 Å². The van der Waals surface area contributed by atoms with Gasteiger partial charge in [-0.2, -0.15) is 0 Å². The van der Waals surface area contributed by atoms with E-state index in [4.69, 9.17) is 0 Å². The molecule has 0 aromatic heterocycles. The van der Waals surface area contributed by atoms with Crippen LogP contribution in [0.3, 0.4) is 0 Å². The normalized spacial score (nSPS) is 15.1. The van der Waals surface area contributed by atoms with E-state index in [1.807, 2.05) is 0 Å². The van der Waals surface area contributed by atoms with Gasteiger partial charge in [-0.25, -0.2) is 0 Å². The minimum atomic E-state index is -0.401. The highest BCUT2D eigenvalue weighted by Crippen LogP contribution is 2.65. The Hall–Kier alpha value is -6.44. The maximum atomic E-state index is 2.56. The number of nitrogens with zero attached hydrogens (tertiary/aromatic N) is 1. The molecule has 0 radical (unpaired) electrons. The zero-order valence-electron chi connectivity index (χ0n) is 30.4. The highest BCUT2D eigenvalue weighted by atomic mass is 15.1. The molecular weight excluding hydrogens is 651 g/mol. The van der Waals surface area contributed by atoms with E-state index >= 15 is 0 Å². The topological polar surface area (TPSA) is 3.24 Å². The van der Waals surface area contributed by atoms with Gasteiger partial charge in [-0.1, -0.05) is 159 Å². The second-order valence-corrected chi connectivity index (χ2v) is 16.0. The molecule has 0 fully saturated rings. The summed E-state index contributed by atoms with van der Waals surface area (Å²) in [5.74, 6) is 0. The zero-order chi connectivity index (χ0) is 35.8. The largest absolute Gasteiger partial charge is 0.310 e. The van der Waals surface area contributed by atoms with Gasteiger partial charge in [0.25, 0.3) is 0 Å². The van der Waals surface area contributed by atoms with E-state index < -0.39 is 5.41 Å². The second kappa shape index (κ2) is 10.6. The molecule has 0 aliphatic heterocycles. The number of benzene rings is 8. The van der Waals surface area contributed by atoms with E-state index in [0.29, 0.717) is 0 Å². The first-order chi connectivity index (χ1) is 26.5. The van der Waals surface area contributed by atoms with Gasteiger partial charge in [0.15, 0.2) is 0 Å². The van der Waals surface area contributed by atoms with Crippen LogP contribution in [-0.4, -0.2) is 0 Å². The first kappa shape index (κ1) is 30.1. The molecule has 1 spiro atoms. The van der Waals surface area contributed by atoms with Gasteiger partial charge < -0.3 is 4.90 Å². The monoisotopic (exact) mass is 687 g/mol. The molecule has 1 nitrogen and oxygen atoms in total. The summed E-state index contributed by atoms with van der Waals surface area (Å²) in [4.78, 5) is 2.56. The summed E-state index contributed by atoms with van der Waals surface area (Å²) in [6.07, 6.45) is 0.951. The highest BCUT2D eigenvalue weighted by molar-refractivity contribution is 6.01. The average molecular weight is 688 g/mol. The lowest BCUT2D eigenvalue weighted by Crippen LogP contribution is -2.26. The van der Waals surface area contributed by atoms with E-state index in [0.717, 1.165) is 6.42 Å². The lowest BCUT2D eigenvalue weighted by atomic mass is 9.70. The Morgan fingerprint density at radius 2 is 0.852 bits per heavy atom. The molecule has 254 valence electrons. The van der Waals surface area contributed by atoms with Gasteiger partial charge in [0, 0.05) is 22.4 Å². The van der Waals surface area contributed by atoms with Crippen LogP contribution < -0.4 is 4.90 Å². The Morgan fingerprint density at radius 3 is 1.56 bits per heavy atom. The standard InChI is InChI=1S/C53H37N/c1-52(2)44-20-9-5-16-39(44)42-29-27-36(32-49(42)52)54(35-26-28-38-34(31-35)30-33-14-3-4-15-37(33)38)50-25-13-24-48-51(50)43-19-8-12-23-47(43)53(48)45-21-10-6-17-40(45)41-18-7-11-22-46(41)53/h3-29,31-32H,30H2,1-2H3. The van der Waals surface area contributed by atoms with Crippen molar-refractivity contribution >= 4 is 17.1 Å². The van der Waals surface area contributed by atoms with Crippen molar-refractivity contribution in [2.24, 2.45) is 0 Å². The van der Waals surface area contributed by atoms with Gasteiger partial charge in [-0.3, -0.25) is 0 Å². The lowest BCUT2D eigenvalue weighted by molar-refractivity contribution is 0.660. The average Bonchev–Trinajstić information content (AvgIpc) is 3.90. The van der Waals surface area contributed by atoms with Gasteiger partial charge in [-0.05, 0) is 120 Å². The van der Waals surface area contributed by atoms with Crippen molar-refractivity contribution in [2.75, 3.05) is 4.90 Å². The fourth-order valence-electron chi connectivity index (χ4n) is 10.8. The molecule has 0 saturated heterocycles. The fourth-order valence-corrected chi connectivity index (χ4v) is 10.8. The Labute approximate surface area is 316 Å². The molecule has 54 heavy (non-hydrogen) atoms. The van der Waals surface area contributed by atoms with E-state index in [1.165, 1.54) is 106 Å². The van der Waals surface area contributed by atoms with Gasteiger partial charge in [0.1, 0.15) is 0 Å². The summed E-state index contributed by atoms with van der Waals surface area (Å²) >= 11 is 0. The number of fused-ring (bicyclic) bond motifs is 16. The minimum absolute atomic E-state index is 0.111. The number of anilines is 3. The summed E-state index contributed by atoms with van der Waals surface area (Å²) < 4.78 is 0. The Morgan fingerprint density at radius 1 is 0.370 bits per heavy atom.